The molecule has 0 saturated heterocycles. The molecule has 0 aromatic carbocycles. The van der Waals surface area contributed by atoms with Crippen LogP contribution in [0.1, 0.15) is 38.1 Å². The number of hydrogen-bond donors (Lipinski definition) is 2. The Morgan fingerprint density at radius 1 is 1.46 bits per heavy atom. The van der Waals surface area contributed by atoms with Crippen molar-refractivity contribution in [2.75, 3.05) is 30.8 Å². The van der Waals surface area contributed by atoms with Crippen LogP contribution >= 0.6 is 0 Å². The number of amides is 1. The van der Waals surface area contributed by atoms with Gasteiger partial charge in [-0.15, -0.1) is 0 Å². The standard InChI is InChI=1S/C18H23FN6O/c1-5-25(4)17(26)18(2,3)24-14-6-7-20-16(23-14)13-10-22-15-12(13)8-11(19)9-21-15/h6-9,13H,5,10H2,1-4H3,(H,21,22)(H,20,23,24). The summed E-state index contributed by atoms with van der Waals surface area (Å²) in [5, 5.41) is 6.33. The Morgan fingerprint density at radius 3 is 2.96 bits per heavy atom. The van der Waals surface area contributed by atoms with Crippen molar-refractivity contribution >= 4 is 17.5 Å². The van der Waals surface area contributed by atoms with Crippen molar-refractivity contribution in [3.63, 3.8) is 0 Å². The first-order valence-electron chi connectivity index (χ1n) is 8.58. The molecule has 8 heteroatoms. The van der Waals surface area contributed by atoms with Crippen LogP contribution in [0.4, 0.5) is 16.0 Å². The number of nitrogens with one attached hydrogen (secondary N) is 2. The van der Waals surface area contributed by atoms with E-state index in [1.54, 1.807) is 24.2 Å². The molecule has 2 aromatic rings. The van der Waals surface area contributed by atoms with Gasteiger partial charge in [-0.05, 0) is 32.9 Å². The zero-order chi connectivity index (χ0) is 18.9. The third-order valence-corrected chi connectivity index (χ3v) is 4.52. The summed E-state index contributed by atoms with van der Waals surface area (Å²) in [6, 6.07) is 3.18. The molecule has 1 aliphatic heterocycles. The predicted molar refractivity (Wildman–Crippen MR) is 97.6 cm³/mol. The molecule has 2 N–H and O–H groups in total. The number of nitrogens with zero attached hydrogens (tertiary/aromatic N) is 4. The fraction of sp³-hybridized carbons (Fsp3) is 0.444. The molecule has 0 fully saturated rings. The largest absolute Gasteiger partial charge is 0.369 e. The van der Waals surface area contributed by atoms with Crippen molar-refractivity contribution in [2.24, 2.45) is 0 Å². The van der Waals surface area contributed by atoms with Crippen LogP contribution in [-0.2, 0) is 4.79 Å². The smallest absolute Gasteiger partial charge is 0.247 e. The molecule has 7 nitrogen and oxygen atoms in total. The minimum absolute atomic E-state index is 0.0284. The number of aromatic nitrogens is 3. The van der Waals surface area contributed by atoms with Gasteiger partial charge < -0.3 is 15.5 Å². The van der Waals surface area contributed by atoms with E-state index < -0.39 is 5.54 Å². The molecular weight excluding hydrogens is 335 g/mol. The molecule has 26 heavy (non-hydrogen) atoms. The Hall–Kier alpha value is -2.77. The maximum Gasteiger partial charge on any atom is 0.247 e. The highest BCUT2D eigenvalue weighted by Gasteiger charge is 2.31. The van der Waals surface area contributed by atoms with Crippen LogP contribution < -0.4 is 10.6 Å². The van der Waals surface area contributed by atoms with E-state index in [4.69, 9.17) is 0 Å². The van der Waals surface area contributed by atoms with Gasteiger partial charge in [-0.1, -0.05) is 0 Å². The van der Waals surface area contributed by atoms with Gasteiger partial charge in [-0.25, -0.2) is 19.3 Å². The number of carbonyl (C=O) groups is 1. The highest BCUT2D eigenvalue weighted by atomic mass is 19.1. The highest BCUT2D eigenvalue weighted by Crippen LogP contribution is 2.33. The summed E-state index contributed by atoms with van der Waals surface area (Å²) in [6.45, 7) is 6.73. The Kier molecular flexibility index (Phi) is 4.76. The Balaban J connectivity index is 1.84. The van der Waals surface area contributed by atoms with Crippen LogP contribution in [0.2, 0.25) is 0 Å². The van der Waals surface area contributed by atoms with E-state index in [9.17, 15) is 9.18 Å². The molecule has 3 rings (SSSR count). The maximum absolute atomic E-state index is 13.6. The van der Waals surface area contributed by atoms with Crippen LogP contribution in [0.3, 0.4) is 0 Å². The van der Waals surface area contributed by atoms with Crippen molar-refractivity contribution in [3.8, 4) is 0 Å². The summed E-state index contributed by atoms with van der Waals surface area (Å²) in [4.78, 5) is 27.1. The molecule has 1 amide bonds. The average molecular weight is 358 g/mol. The molecule has 1 unspecified atom stereocenters. The van der Waals surface area contributed by atoms with E-state index in [2.05, 4.69) is 25.6 Å². The minimum atomic E-state index is -0.810. The monoisotopic (exact) mass is 358 g/mol. The van der Waals surface area contributed by atoms with Crippen LogP contribution in [0, 0.1) is 5.82 Å². The zero-order valence-corrected chi connectivity index (χ0v) is 15.4. The molecule has 0 spiro atoms. The second kappa shape index (κ2) is 6.86. The SMILES string of the molecule is CCN(C)C(=O)C(C)(C)Nc1ccnc(C2CNc3ncc(F)cc32)n1. The lowest BCUT2D eigenvalue weighted by molar-refractivity contribution is -0.133. The van der Waals surface area contributed by atoms with Crippen molar-refractivity contribution < 1.29 is 9.18 Å². The second-order valence-corrected chi connectivity index (χ2v) is 6.89. The van der Waals surface area contributed by atoms with Gasteiger partial charge in [-0.2, -0.15) is 0 Å². The van der Waals surface area contributed by atoms with E-state index in [0.717, 1.165) is 5.56 Å². The molecule has 1 atom stereocenters. The Bertz CT molecular complexity index is 825. The molecule has 1 aliphatic rings. The predicted octanol–water partition coefficient (Wildman–Crippen LogP) is 2.24. The first-order valence-corrected chi connectivity index (χ1v) is 8.58. The molecule has 2 aromatic heterocycles. The topological polar surface area (TPSA) is 83.0 Å². The summed E-state index contributed by atoms with van der Waals surface area (Å²) >= 11 is 0. The quantitative estimate of drug-likeness (QED) is 0.853. The maximum atomic E-state index is 13.6. The number of pyridine rings is 1. The van der Waals surface area contributed by atoms with Gasteiger partial charge in [0.1, 0.15) is 28.8 Å². The summed E-state index contributed by atoms with van der Waals surface area (Å²) in [7, 11) is 1.76. The Morgan fingerprint density at radius 2 is 2.23 bits per heavy atom. The Labute approximate surface area is 152 Å². The van der Waals surface area contributed by atoms with E-state index >= 15 is 0 Å². The number of halogens is 1. The molecule has 3 heterocycles. The molecule has 0 saturated carbocycles. The van der Waals surface area contributed by atoms with Crippen LogP contribution in [0.25, 0.3) is 0 Å². The van der Waals surface area contributed by atoms with Crippen LogP contribution in [-0.4, -0.2) is 51.4 Å². The third kappa shape index (κ3) is 3.44. The lowest BCUT2D eigenvalue weighted by Crippen LogP contribution is -2.48. The van der Waals surface area contributed by atoms with Crippen molar-refractivity contribution in [1.29, 1.82) is 0 Å². The normalized spacial score (nSPS) is 16.0. The first kappa shape index (κ1) is 18.0. The summed E-state index contributed by atoms with van der Waals surface area (Å²) in [6.07, 6.45) is 2.82. The van der Waals surface area contributed by atoms with Gasteiger partial charge in [0.05, 0.1) is 12.1 Å². The number of likely N-dealkylation sites (N-methyl/N-ethyl adjacent to an activating group) is 1. The fourth-order valence-electron chi connectivity index (χ4n) is 3.01. The molecular formula is C18H23FN6O. The first-order chi connectivity index (χ1) is 12.3. The number of rotatable bonds is 5. The lowest BCUT2D eigenvalue weighted by Gasteiger charge is -2.30. The highest BCUT2D eigenvalue weighted by molar-refractivity contribution is 5.88. The van der Waals surface area contributed by atoms with Gasteiger partial charge in [0.2, 0.25) is 5.91 Å². The summed E-state index contributed by atoms with van der Waals surface area (Å²) < 4.78 is 13.6. The van der Waals surface area contributed by atoms with Crippen LogP contribution in [0.5, 0.6) is 0 Å². The van der Waals surface area contributed by atoms with E-state index in [1.165, 1.54) is 12.3 Å². The van der Waals surface area contributed by atoms with E-state index in [0.29, 0.717) is 30.5 Å². The molecule has 138 valence electrons. The second-order valence-electron chi connectivity index (χ2n) is 6.89. The molecule has 0 radical (unpaired) electrons. The van der Waals surface area contributed by atoms with E-state index in [-0.39, 0.29) is 17.6 Å². The van der Waals surface area contributed by atoms with Gasteiger partial charge in [0, 0.05) is 31.9 Å². The zero-order valence-electron chi connectivity index (χ0n) is 15.4. The molecule has 0 bridgehead atoms. The number of anilines is 2. The average Bonchev–Trinajstić information content (AvgIpc) is 3.03. The number of carbonyl (C=O) groups excluding carboxylic acids is 1. The number of fused-ring (bicyclic) bond motifs is 1. The number of hydrogen-bond acceptors (Lipinski definition) is 6. The van der Waals surface area contributed by atoms with Crippen molar-refractivity contribution in [3.05, 3.63) is 41.7 Å². The fourth-order valence-corrected chi connectivity index (χ4v) is 3.01. The van der Waals surface area contributed by atoms with E-state index in [1.807, 2.05) is 20.8 Å². The summed E-state index contributed by atoms with van der Waals surface area (Å²) in [5.41, 5.74) is -0.0706. The minimum Gasteiger partial charge on any atom is -0.369 e. The third-order valence-electron chi connectivity index (χ3n) is 4.52. The van der Waals surface area contributed by atoms with Gasteiger partial charge in [0.15, 0.2) is 0 Å². The van der Waals surface area contributed by atoms with Gasteiger partial charge in [-0.3, -0.25) is 4.79 Å². The lowest BCUT2D eigenvalue weighted by atomic mass is 10.0. The van der Waals surface area contributed by atoms with Crippen molar-refractivity contribution in [2.45, 2.75) is 32.2 Å². The van der Waals surface area contributed by atoms with Crippen molar-refractivity contribution in [1.82, 2.24) is 19.9 Å². The van der Waals surface area contributed by atoms with Gasteiger partial charge in [0.25, 0.3) is 0 Å². The molecule has 0 aliphatic carbocycles. The van der Waals surface area contributed by atoms with Crippen LogP contribution in [0.15, 0.2) is 24.5 Å². The van der Waals surface area contributed by atoms with Gasteiger partial charge >= 0.3 is 0 Å². The summed E-state index contributed by atoms with van der Waals surface area (Å²) in [5.74, 6) is 1.15.